The van der Waals surface area contributed by atoms with Gasteiger partial charge < -0.3 is 10.8 Å². The third kappa shape index (κ3) is 1.76. The molecule has 0 saturated heterocycles. The van der Waals surface area contributed by atoms with E-state index in [1.807, 2.05) is 19.1 Å². The number of para-hydroxylation sites is 1. The van der Waals surface area contributed by atoms with Gasteiger partial charge in [-0.05, 0) is 24.6 Å². The average molecular weight is 200 g/mol. The summed E-state index contributed by atoms with van der Waals surface area (Å²) in [5, 5.41) is 9.70. The van der Waals surface area contributed by atoms with Gasteiger partial charge in [0.25, 0.3) is 0 Å². The number of rotatable bonds is 1. The third-order valence-electron chi connectivity index (χ3n) is 2.33. The van der Waals surface area contributed by atoms with Crippen LogP contribution >= 0.6 is 0 Å². The summed E-state index contributed by atoms with van der Waals surface area (Å²) in [5.74, 6) is 0.749. The highest BCUT2D eigenvalue weighted by molar-refractivity contribution is 5.72. The number of pyridine rings is 1. The molecule has 0 bridgehead atoms. The van der Waals surface area contributed by atoms with Crippen LogP contribution in [0.1, 0.15) is 5.56 Å². The fourth-order valence-corrected chi connectivity index (χ4v) is 1.56. The van der Waals surface area contributed by atoms with Crippen molar-refractivity contribution in [2.45, 2.75) is 6.92 Å². The van der Waals surface area contributed by atoms with Gasteiger partial charge in [-0.2, -0.15) is 0 Å². The third-order valence-corrected chi connectivity index (χ3v) is 2.33. The summed E-state index contributed by atoms with van der Waals surface area (Å²) in [4.78, 5) is 4.02. The molecule has 0 saturated carbocycles. The zero-order chi connectivity index (χ0) is 10.8. The standard InChI is InChI=1S/C12H12N2O/c1-8-6-12(13)14-7-10(8)9-4-2-3-5-11(9)15/h2-7,15H,1H3,(H2,13,14). The van der Waals surface area contributed by atoms with Crippen molar-refractivity contribution in [2.75, 3.05) is 5.73 Å². The van der Waals surface area contributed by atoms with Gasteiger partial charge in [-0.25, -0.2) is 4.98 Å². The van der Waals surface area contributed by atoms with E-state index in [4.69, 9.17) is 5.73 Å². The molecule has 2 rings (SSSR count). The second-order valence-electron chi connectivity index (χ2n) is 3.44. The van der Waals surface area contributed by atoms with Crippen LogP contribution in [0.4, 0.5) is 5.82 Å². The normalized spacial score (nSPS) is 10.2. The lowest BCUT2D eigenvalue weighted by Crippen LogP contribution is -1.92. The lowest BCUT2D eigenvalue weighted by atomic mass is 10.0. The number of phenols is 1. The molecule has 1 aromatic heterocycles. The van der Waals surface area contributed by atoms with Crippen LogP contribution in [0, 0.1) is 6.92 Å². The number of hydrogen-bond donors (Lipinski definition) is 2. The van der Waals surface area contributed by atoms with Gasteiger partial charge in [-0.15, -0.1) is 0 Å². The minimum absolute atomic E-state index is 0.257. The minimum atomic E-state index is 0.257. The van der Waals surface area contributed by atoms with Crippen LogP contribution < -0.4 is 5.73 Å². The predicted molar refractivity (Wildman–Crippen MR) is 60.5 cm³/mol. The molecule has 2 aromatic rings. The smallest absolute Gasteiger partial charge is 0.123 e. The van der Waals surface area contributed by atoms with Crippen LogP contribution in [0.15, 0.2) is 36.5 Å². The SMILES string of the molecule is Cc1cc(N)ncc1-c1ccccc1O. The lowest BCUT2D eigenvalue weighted by molar-refractivity contribution is 0.477. The Balaban J connectivity index is 2.60. The summed E-state index contributed by atoms with van der Waals surface area (Å²) in [5.41, 5.74) is 8.26. The number of hydrogen-bond acceptors (Lipinski definition) is 3. The van der Waals surface area contributed by atoms with Crippen LogP contribution in [0.25, 0.3) is 11.1 Å². The lowest BCUT2D eigenvalue weighted by Gasteiger charge is -2.07. The van der Waals surface area contributed by atoms with Crippen molar-refractivity contribution in [3.05, 3.63) is 42.1 Å². The molecule has 15 heavy (non-hydrogen) atoms. The topological polar surface area (TPSA) is 59.1 Å². The molecule has 1 heterocycles. The molecule has 0 atom stereocenters. The Labute approximate surface area is 88.2 Å². The Morgan fingerprint density at radius 1 is 1.20 bits per heavy atom. The van der Waals surface area contributed by atoms with Crippen molar-refractivity contribution in [3.8, 4) is 16.9 Å². The maximum absolute atomic E-state index is 9.70. The number of aromatic hydroxyl groups is 1. The highest BCUT2D eigenvalue weighted by atomic mass is 16.3. The van der Waals surface area contributed by atoms with Gasteiger partial charge in [0, 0.05) is 17.3 Å². The van der Waals surface area contributed by atoms with Crippen LogP contribution in [-0.2, 0) is 0 Å². The molecule has 0 spiro atoms. The van der Waals surface area contributed by atoms with E-state index < -0.39 is 0 Å². The molecular weight excluding hydrogens is 188 g/mol. The Morgan fingerprint density at radius 2 is 1.93 bits per heavy atom. The van der Waals surface area contributed by atoms with E-state index in [-0.39, 0.29) is 5.75 Å². The van der Waals surface area contributed by atoms with E-state index in [0.29, 0.717) is 5.82 Å². The van der Waals surface area contributed by atoms with Crippen molar-refractivity contribution in [3.63, 3.8) is 0 Å². The molecule has 76 valence electrons. The van der Waals surface area contributed by atoms with E-state index in [1.54, 1.807) is 24.4 Å². The summed E-state index contributed by atoms with van der Waals surface area (Å²) in [6.45, 7) is 1.94. The Hall–Kier alpha value is -2.03. The zero-order valence-corrected chi connectivity index (χ0v) is 8.44. The van der Waals surface area contributed by atoms with Gasteiger partial charge in [-0.3, -0.25) is 0 Å². The molecule has 0 aliphatic carbocycles. The van der Waals surface area contributed by atoms with E-state index in [0.717, 1.165) is 16.7 Å². The molecule has 3 nitrogen and oxygen atoms in total. The molecule has 0 unspecified atom stereocenters. The monoisotopic (exact) mass is 200 g/mol. The zero-order valence-electron chi connectivity index (χ0n) is 8.44. The van der Waals surface area contributed by atoms with E-state index >= 15 is 0 Å². The van der Waals surface area contributed by atoms with Crippen LogP contribution in [0.5, 0.6) is 5.75 Å². The van der Waals surface area contributed by atoms with Crippen LogP contribution in [-0.4, -0.2) is 10.1 Å². The van der Waals surface area contributed by atoms with Gasteiger partial charge in [0.2, 0.25) is 0 Å². The maximum atomic E-state index is 9.70. The van der Waals surface area contributed by atoms with E-state index in [1.165, 1.54) is 0 Å². The second-order valence-corrected chi connectivity index (χ2v) is 3.44. The number of aromatic nitrogens is 1. The highest BCUT2D eigenvalue weighted by Crippen LogP contribution is 2.30. The number of nitrogens with zero attached hydrogens (tertiary/aromatic N) is 1. The van der Waals surface area contributed by atoms with Crippen LogP contribution in [0.2, 0.25) is 0 Å². The van der Waals surface area contributed by atoms with E-state index in [2.05, 4.69) is 4.98 Å². The van der Waals surface area contributed by atoms with Crippen molar-refractivity contribution in [1.82, 2.24) is 4.98 Å². The first-order valence-corrected chi connectivity index (χ1v) is 4.69. The molecule has 0 fully saturated rings. The summed E-state index contributed by atoms with van der Waals surface area (Å²) in [6, 6.07) is 8.98. The summed E-state index contributed by atoms with van der Waals surface area (Å²) in [7, 11) is 0. The van der Waals surface area contributed by atoms with Gasteiger partial charge in [-0.1, -0.05) is 18.2 Å². The highest BCUT2D eigenvalue weighted by Gasteiger charge is 2.06. The molecule has 0 amide bonds. The summed E-state index contributed by atoms with van der Waals surface area (Å²) < 4.78 is 0. The first-order valence-electron chi connectivity index (χ1n) is 4.69. The number of anilines is 1. The van der Waals surface area contributed by atoms with Gasteiger partial charge in [0.05, 0.1) is 0 Å². The minimum Gasteiger partial charge on any atom is -0.507 e. The Kier molecular flexibility index (Phi) is 2.29. The van der Waals surface area contributed by atoms with Crippen LogP contribution in [0.3, 0.4) is 0 Å². The van der Waals surface area contributed by atoms with Gasteiger partial charge in [0.1, 0.15) is 11.6 Å². The maximum Gasteiger partial charge on any atom is 0.123 e. The average Bonchev–Trinajstić information content (AvgIpc) is 2.20. The number of nitrogens with two attached hydrogens (primary N) is 1. The molecule has 3 N–H and O–H groups in total. The predicted octanol–water partition coefficient (Wildman–Crippen LogP) is 2.34. The second kappa shape index (κ2) is 3.61. The first kappa shape index (κ1) is 9.52. The molecule has 1 aromatic carbocycles. The van der Waals surface area contributed by atoms with Crippen molar-refractivity contribution in [1.29, 1.82) is 0 Å². The quantitative estimate of drug-likeness (QED) is 0.742. The fraction of sp³-hybridized carbons (Fsp3) is 0.0833. The Morgan fingerprint density at radius 3 is 2.60 bits per heavy atom. The van der Waals surface area contributed by atoms with Crippen molar-refractivity contribution < 1.29 is 5.11 Å². The molecule has 3 heteroatoms. The largest absolute Gasteiger partial charge is 0.507 e. The van der Waals surface area contributed by atoms with Crippen molar-refractivity contribution in [2.24, 2.45) is 0 Å². The first-order chi connectivity index (χ1) is 7.18. The fourth-order valence-electron chi connectivity index (χ4n) is 1.56. The number of benzene rings is 1. The van der Waals surface area contributed by atoms with Gasteiger partial charge >= 0.3 is 0 Å². The molecular formula is C12H12N2O. The van der Waals surface area contributed by atoms with Gasteiger partial charge in [0.15, 0.2) is 0 Å². The molecule has 0 radical (unpaired) electrons. The van der Waals surface area contributed by atoms with Crippen molar-refractivity contribution >= 4 is 5.82 Å². The van der Waals surface area contributed by atoms with E-state index in [9.17, 15) is 5.11 Å². The molecule has 0 aliphatic rings. The number of phenolic OH excluding ortho intramolecular Hbond substituents is 1. The molecule has 0 aliphatic heterocycles. The summed E-state index contributed by atoms with van der Waals surface area (Å²) in [6.07, 6.45) is 1.68. The number of aryl methyl sites for hydroxylation is 1. The Bertz CT molecular complexity index is 495. The summed E-state index contributed by atoms with van der Waals surface area (Å²) >= 11 is 0. The number of nitrogen functional groups attached to an aromatic ring is 1.